The number of benzene rings is 1. The minimum atomic E-state index is 0. The van der Waals surface area contributed by atoms with Gasteiger partial charge >= 0.3 is 103 Å². The summed E-state index contributed by atoms with van der Waals surface area (Å²) < 4.78 is 0.540. The van der Waals surface area contributed by atoms with Crippen molar-refractivity contribution in [2.45, 2.75) is 10.5 Å². The zero-order valence-electron chi connectivity index (χ0n) is 7.82. The van der Waals surface area contributed by atoms with E-state index in [2.05, 4.69) is 13.0 Å². The maximum atomic E-state index is 6.09. The van der Waals surface area contributed by atoms with Gasteiger partial charge in [-0.2, -0.15) is 0 Å². The second-order valence-electron chi connectivity index (χ2n) is 3.21. The molecule has 0 amide bonds. The number of hydrogen-bond acceptors (Lipinski definition) is 0. The normalized spacial score (nSPS) is 17.4. The molecule has 0 saturated heterocycles. The Morgan fingerprint density at radius 3 is 2.40 bits per heavy atom. The summed E-state index contributed by atoms with van der Waals surface area (Å²) in [5.41, 5.74) is 3.83. The van der Waals surface area contributed by atoms with Crippen molar-refractivity contribution in [1.82, 2.24) is 0 Å². The van der Waals surface area contributed by atoms with Gasteiger partial charge in [0.15, 0.2) is 0 Å². The van der Waals surface area contributed by atoms with Gasteiger partial charge in [0.2, 0.25) is 0 Å². The van der Waals surface area contributed by atoms with Crippen LogP contribution in [0.25, 0.3) is 6.08 Å². The Balaban J connectivity index is 0.000000980. The summed E-state index contributed by atoms with van der Waals surface area (Å²) in [6.45, 7) is 2.14. The minimum Gasteiger partial charge on any atom is -1.00 e. The molecule has 1 aromatic carbocycles. The SMILES string of the molecule is CC1=Cc2c(Cl)cc(Cl)cc2[CH]1[Zr+2].[Cl-].[Cl-]. The molecule has 0 bridgehead atoms. The van der Waals surface area contributed by atoms with Crippen molar-refractivity contribution in [3.8, 4) is 0 Å². The van der Waals surface area contributed by atoms with Crippen molar-refractivity contribution in [3.63, 3.8) is 0 Å². The Bertz CT molecular complexity index is 401. The molecule has 0 radical (unpaired) electrons. The van der Waals surface area contributed by atoms with Crippen LogP contribution < -0.4 is 24.8 Å². The Kier molecular flexibility index (Phi) is 6.48. The van der Waals surface area contributed by atoms with Crippen LogP contribution in [0, 0.1) is 0 Å². The Hall–Kier alpha value is 1.00. The first-order valence-electron chi connectivity index (χ1n) is 3.98. The summed E-state index contributed by atoms with van der Waals surface area (Å²) in [5.74, 6) is 0. The molecular formula is C10H7Cl4Zr. The molecule has 1 aliphatic carbocycles. The monoisotopic (exact) mass is 357 g/mol. The molecule has 1 unspecified atom stereocenters. The van der Waals surface area contributed by atoms with Gasteiger partial charge in [0, 0.05) is 0 Å². The first-order valence-corrected chi connectivity index (χ1v) is 6.15. The van der Waals surface area contributed by atoms with Crippen LogP contribution in [-0.2, 0) is 24.7 Å². The zero-order valence-corrected chi connectivity index (χ0v) is 13.3. The molecule has 79 valence electrons. The third-order valence-electron chi connectivity index (χ3n) is 2.26. The second-order valence-corrected chi connectivity index (χ2v) is 5.47. The molecule has 2 rings (SSSR count). The van der Waals surface area contributed by atoms with Crippen molar-refractivity contribution in [3.05, 3.63) is 38.9 Å². The van der Waals surface area contributed by atoms with Gasteiger partial charge in [-0.05, 0) is 0 Å². The predicted octanol–water partition coefficient (Wildman–Crippen LogP) is -1.99. The summed E-state index contributed by atoms with van der Waals surface area (Å²) in [5, 5.41) is 1.51. The van der Waals surface area contributed by atoms with Gasteiger partial charge < -0.3 is 24.8 Å². The van der Waals surface area contributed by atoms with Crippen LogP contribution >= 0.6 is 23.2 Å². The predicted molar refractivity (Wildman–Crippen MR) is 52.9 cm³/mol. The fourth-order valence-corrected chi connectivity index (χ4v) is 2.91. The minimum absolute atomic E-state index is 0. The number of rotatable bonds is 0. The number of fused-ring (bicyclic) bond motifs is 1. The molecule has 1 aromatic rings. The maximum absolute atomic E-state index is 6.09. The summed E-state index contributed by atoms with van der Waals surface area (Å²) in [7, 11) is 0. The fourth-order valence-electron chi connectivity index (χ4n) is 1.55. The van der Waals surface area contributed by atoms with E-state index in [-0.39, 0.29) is 24.8 Å². The molecule has 1 atom stereocenters. The molecule has 0 N–H and O–H groups in total. The molecule has 0 nitrogen and oxygen atoms in total. The largest absolute Gasteiger partial charge is 1.00 e. The Labute approximate surface area is 127 Å². The van der Waals surface area contributed by atoms with Crippen molar-refractivity contribution < 1.29 is 49.5 Å². The molecule has 15 heavy (non-hydrogen) atoms. The van der Waals surface area contributed by atoms with Gasteiger partial charge in [0.25, 0.3) is 0 Å². The van der Waals surface area contributed by atoms with Crippen molar-refractivity contribution in [1.29, 1.82) is 0 Å². The quantitative estimate of drug-likeness (QED) is 0.503. The van der Waals surface area contributed by atoms with Gasteiger partial charge in [-0.25, -0.2) is 0 Å². The average molecular weight is 360 g/mol. The van der Waals surface area contributed by atoms with E-state index in [9.17, 15) is 0 Å². The molecule has 0 aromatic heterocycles. The van der Waals surface area contributed by atoms with Gasteiger partial charge in [-0.3, -0.25) is 0 Å². The maximum Gasteiger partial charge on any atom is -1.00 e. The van der Waals surface area contributed by atoms with E-state index in [1.807, 2.05) is 6.07 Å². The van der Waals surface area contributed by atoms with Gasteiger partial charge in [0.1, 0.15) is 0 Å². The van der Waals surface area contributed by atoms with Crippen LogP contribution in [0.3, 0.4) is 0 Å². The molecule has 0 spiro atoms. The van der Waals surface area contributed by atoms with E-state index in [0.717, 1.165) is 15.6 Å². The smallest absolute Gasteiger partial charge is 1.00 e. The van der Waals surface area contributed by atoms with E-state index in [0.29, 0.717) is 3.63 Å². The summed E-state index contributed by atoms with van der Waals surface area (Å²) in [6, 6.07) is 3.83. The topological polar surface area (TPSA) is 0 Å². The molecule has 1 aliphatic rings. The summed E-state index contributed by atoms with van der Waals surface area (Å²) in [4.78, 5) is 0. The van der Waals surface area contributed by atoms with Crippen LogP contribution in [0.4, 0.5) is 0 Å². The van der Waals surface area contributed by atoms with Crippen molar-refractivity contribution in [2.24, 2.45) is 0 Å². The summed E-state index contributed by atoms with van der Waals surface area (Å²) in [6.07, 6.45) is 2.16. The van der Waals surface area contributed by atoms with E-state index in [1.54, 1.807) is 6.07 Å². The number of halogens is 4. The average Bonchev–Trinajstić information content (AvgIpc) is 2.32. The third kappa shape index (κ3) is 3.02. The van der Waals surface area contributed by atoms with E-state index in [1.165, 1.54) is 35.9 Å². The molecule has 0 fully saturated rings. The van der Waals surface area contributed by atoms with Gasteiger partial charge in [-0.1, -0.05) is 0 Å². The van der Waals surface area contributed by atoms with E-state index < -0.39 is 0 Å². The van der Waals surface area contributed by atoms with Crippen molar-refractivity contribution >= 4 is 29.3 Å². The van der Waals surface area contributed by atoms with Crippen LogP contribution in [0.1, 0.15) is 21.7 Å². The number of allylic oxidation sites excluding steroid dienone is 1. The van der Waals surface area contributed by atoms with Gasteiger partial charge in [-0.15, -0.1) is 0 Å². The fraction of sp³-hybridized carbons (Fsp3) is 0.200. The molecule has 5 heteroatoms. The number of hydrogen-bond donors (Lipinski definition) is 0. The molecule has 0 aliphatic heterocycles. The Morgan fingerprint density at radius 2 is 1.80 bits per heavy atom. The van der Waals surface area contributed by atoms with Crippen LogP contribution in [0.15, 0.2) is 17.7 Å². The first-order chi connectivity index (χ1) is 6.09. The molecular weight excluding hydrogens is 353 g/mol. The van der Waals surface area contributed by atoms with Crippen LogP contribution in [0.2, 0.25) is 10.0 Å². The van der Waals surface area contributed by atoms with Crippen molar-refractivity contribution in [2.75, 3.05) is 0 Å². The standard InChI is InChI=1S/C10H7Cl2.2ClH.Zr/c1-6-2-7-4-8(11)5-10(12)9(7)3-6;;;/h2-5H,1H3;2*1H;/q;;;+2/p-2. The van der Waals surface area contributed by atoms with E-state index in [4.69, 9.17) is 23.2 Å². The molecule has 0 heterocycles. The first kappa shape index (κ1) is 16.0. The van der Waals surface area contributed by atoms with E-state index >= 15 is 0 Å². The van der Waals surface area contributed by atoms with Gasteiger partial charge in [0.05, 0.1) is 0 Å². The van der Waals surface area contributed by atoms with Crippen LogP contribution in [-0.4, -0.2) is 0 Å². The Morgan fingerprint density at radius 1 is 1.20 bits per heavy atom. The summed E-state index contributed by atoms with van der Waals surface area (Å²) >= 11 is 13.5. The molecule has 0 saturated carbocycles. The van der Waals surface area contributed by atoms with Crippen LogP contribution in [0.5, 0.6) is 0 Å². The zero-order chi connectivity index (χ0) is 9.59. The second kappa shape index (κ2) is 6.08. The third-order valence-corrected chi connectivity index (χ3v) is 4.68.